The molecule has 2 N–H and O–H groups in total. The van der Waals surface area contributed by atoms with Gasteiger partial charge in [-0.2, -0.15) is 0 Å². The Morgan fingerprint density at radius 2 is 2.11 bits per heavy atom. The van der Waals surface area contributed by atoms with Crippen molar-refractivity contribution in [1.29, 1.82) is 0 Å². The van der Waals surface area contributed by atoms with Crippen LogP contribution in [0, 0.1) is 0 Å². The van der Waals surface area contributed by atoms with Crippen LogP contribution >= 0.6 is 11.8 Å². The number of carbonyl (C=O) groups is 1. The van der Waals surface area contributed by atoms with Crippen molar-refractivity contribution in [2.75, 3.05) is 0 Å². The maximum absolute atomic E-state index is 11.8. The van der Waals surface area contributed by atoms with Crippen molar-refractivity contribution in [1.82, 2.24) is 9.97 Å². The van der Waals surface area contributed by atoms with Gasteiger partial charge in [-0.3, -0.25) is 9.59 Å². The Hall–Kier alpha value is -1.82. The normalized spacial score (nSPS) is 11.7. The van der Waals surface area contributed by atoms with E-state index in [-0.39, 0.29) is 5.56 Å². The highest BCUT2D eigenvalue weighted by Gasteiger charge is 2.27. The molecule has 0 aliphatic heterocycles. The van der Waals surface area contributed by atoms with Crippen LogP contribution in [-0.2, 0) is 10.5 Å². The zero-order valence-corrected chi connectivity index (χ0v) is 11.5. The Bertz CT molecular complexity index is 679. The number of aromatic amines is 1. The van der Waals surface area contributed by atoms with Gasteiger partial charge < -0.3 is 10.1 Å². The second-order valence-electron chi connectivity index (χ2n) is 4.63. The second kappa shape index (κ2) is 5.05. The summed E-state index contributed by atoms with van der Waals surface area (Å²) in [5.74, 6) is -0.0528. The first-order valence-electron chi connectivity index (χ1n) is 5.75. The predicted octanol–water partition coefficient (Wildman–Crippen LogP) is 2.02. The number of para-hydroxylation sites is 1. The standard InChI is InChI=1S/C13H14N2O3S/c1-13(2,12(17)18)19-7-10-14-9-6-4-3-5-8(9)11(16)15-10/h3-6H,7H2,1-2H3,(H,17,18)(H,14,15,16). The third kappa shape index (κ3) is 2.96. The van der Waals surface area contributed by atoms with Gasteiger partial charge in [0.15, 0.2) is 0 Å². The van der Waals surface area contributed by atoms with Crippen molar-refractivity contribution in [3.8, 4) is 0 Å². The molecule has 5 nitrogen and oxygen atoms in total. The lowest BCUT2D eigenvalue weighted by Gasteiger charge is -2.17. The molecular formula is C13H14N2O3S. The number of aliphatic carboxylic acids is 1. The van der Waals surface area contributed by atoms with Crippen LogP contribution in [0.1, 0.15) is 19.7 Å². The van der Waals surface area contributed by atoms with E-state index >= 15 is 0 Å². The first-order valence-corrected chi connectivity index (χ1v) is 6.74. The monoisotopic (exact) mass is 278 g/mol. The summed E-state index contributed by atoms with van der Waals surface area (Å²) in [6.45, 7) is 3.25. The third-order valence-electron chi connectivity index (χ3n) is 2.75. The molecule has 0 amide bonds. The minimum absolute atomic E-state index is 0.200. The van der Waals surface area contributed by atoms with Gasteiger partial charge in [0.2, 0.25) is 0 Å². The van der Waals surface area contributed by atoms with E-state index < -0.39 is 10.7 Å². The third-order valence-corrected chi connectivity index (χ3v) is 4.06. The van der Waals surface area contributed by atoms with E-state index in [9.17, 15) is 9.59 Å². The lowest BCUT2D eigenvalue weighted by atomic mass is 10.2. The molecule has 2 rings (SSSR count). The topological polar surface area (TPSA) is 83.0 Å². The number of fused-ring (bicyclic) bond motifs is 1. The summed E-state index contributed by atoms with van der Waals surface area (Å²) in [5.41, 5.74) is 0.421. The van der Waals surface area contributed by atoms with Gasteiger partial charge in [0.05, 0.1) is 16.7 Å². The number of rotatable bonds is 4. The van der Waals surface area contributed by atoms with Crippen LogP contribution in [-0.4, -0.2) is 25.8 Å². The fourth-order valence-corrected chi connectivity index (χ4v) is 2.27. The average molecular weight is 278 g/mol. The van der Waals surface area contributed by atoms with Gasteiger partial charge in [0.25, 0.3) is 5.56 Å². The first kappa shape index (κ1) is 13.6. The number of hydrogen-bond acceptors (Lipinski definition) is 4. The summed E-state index contributed by atoms with van der Waals surface area (Å²) in [5, 5.41) is 9.57. The fourth-order valence-electron chi connectivity index (χ4n) is 1.51. The Balaban J connectivity index is 2.27. The van der Waals surface area contributed by atoms with Crippen LogP contribution in [0.15, 0.2) is 29.1 Å². The van der Waals surface area contributed by atoms with Crippen molar-refractivity contribution in [3.63, 3.8) is 0 Å². The number of benzene rings is 1. The minimum atomic E-state index is -0.912. The molecule has 1 heterocycles. The summed E-state index contributed by atoms with van der Waals surface area (Å²) in [6.07, 6.45) is 0. The minimum Gasteiger partial charge on any atom is -0.480 e. The van der Waals surface area contributed by atoms with Gasteiger partial charge in [-0.1, -0.05) is 12.1 Å². The quantitative estimate of drug-likeness (QED) is 0.894. The molecule has 0 spiro atoms. The highest BCUT2D eigenvalue weighted by Crippen LogP contribution is 2.27. The van der Waals surface area contributed by atoms with E-state index in [0.29, 0.717) is 22.5 Å². The van der Waals surface area contributed by atoms with Crippen molar-refractivity contribution in [2.24, 2.45) is 0 Å². The molecular weight excluding hydrogens is 264 g/mol. The molecule has 100 valence electrons. The molecule has 0 aliphatic rings. The molecule has 1 aromatic carbocycles. The maximum Gasteiger partial charge on any atom is 0.319 e. The summed E-state index contributed by atoms with van der Waals surface area (Å²) in [7, 11) is 0. The van der Waals surface area contributed by atoms with Gasteiger partial charge in [-0.15, -0.1) is 11.8 Å². The molecule has 0 saturated carbocycles. The molecule has 0 unspecified atom stereocenters. The van der Waals surface area contributed by atoms with Gasteiger partial charge in [0.1, 0.15) is 10.6 Å². The number of thioether (sulfide) groups is 1. The molecule has 0 radical (unpaired) electrons. The molecule has 19 heavy (non-hydrogen) atoms. The Kier molecular flexibility index (Phi) is 3.61. The molecule has 0 bridgehead atoms. The number of hydrogen-bond donors (Lipinski definition) is 2. The van der Waals surface area contributed by atoms with Gasteiger partial charge in [-0.25, -0.2) is 4.98 Å². The van der Waals surface area contributed by atoms with Gasteiger partial charge >= 0.3 is 5.97 Å². The zero-order chi connectivity index (χ0) is 14.0. The Labute approximate surface area is 114 Å². The van der Waals surface area contributed by atoms with Crippen molar-refractivity contribution in [3.05, 3.63) is 40.4 Å². The number of H-pyrrole nitrogens is 1. The number of nitrogens with one attached hydrogen (secondary N) is 1. The molecule has 2 aromatic rings. The van der Waals surface area contributed by atoms with Crippen LogP contribution in [0.25, 0.3) is 10.9 Å². The van der Waals surface area contributed by atoms with E-state index in [2.05, 4.69) is 9.97 Å². The lowest BCUT2D eigenvalue weighted by Crippen LogP contribution is -2.27. The fraction of sp³-hybridized carbons (Fsp3) is 0.308. The predicted molar refractivity (Wildman–Crippen MR) is 75.4 cm³/mol. The maximum atomic E-state index is 11.8. The van der Waals surface area contributed by atoms with E-state index in [1.807, 2.05) is 6.07 Å². The summed E-state index contributed by atoms with van der Waals surface area (Å²) >= 11 is 1.22. The van der Waals surface area contributed by atoms with Crippen molar-refractivity contribution < 1.29 is 9.90 Å². The highest BCUT2D eigenvalue weighted by atomic mass is 32.2. The second-order valence-corrected chi connectivity index (χ2v) is 6.23. The lowest BCUT2D eigenvalue weighted by molar-refractivity contribution is -0.138. The average Bonchev–Trinajstić information content (AvgIpc) is 2.36. The summed E-state index contributed by atoms with van der Waals surface area (Å²) < 4.78 is -0.912. The largest absolute Gasteiger partial charge is 0.480 e. The SMILES string of the molecule is CC(C)(SCc1nc2ccccc2c(=O)[nH]1)C(=O)O. The van der Waals surface area contributed by atoms with Crippen LogP contribution < -0.4 is 5.56 Å². The number of carboxylic acid groups (broad SMARTS) is 1. The van der Waals surface area contributed by atoms with Crippen LogP contribution in [0.3, 0.4) is 0 Å². The van der Waals surface area contributed by atoms with Crippen molar-refractivity contribution in [2.45, 2.75) is 24.3 Å². The number of carboxylic acids is 1. The van der Waals surface area contributed by atoms with Crippen LogP contribution in [0.5, 0.6) is 0 Å². The van der Waals surface area contributed by atoms with E-state index in [0.717, 1.165) is 0 Å². The molecule has 1 aromatic heterocycles. The zero-order valence-electron chi connectivity index (χ0n) is 10.6. The highest BCUT2D eigenvalue weighted by molar-refractivity contribution is 8.00. The number of nitrogens with zero attached hydrogens (tertiary/aromatic N) is 1. The van der Waals surface area contributed by atoms with E-state index in [1.165, 1.54) is 11.8 Å². The summed E-state index contributed by atoms with van der Waals surface area (Å²) in [4.78, 5) is 29.9. The molecule has 0 fully saturated rings. The van der Waals surface area contributed by atoms with Gasteiger partial charge in [-0.05, 0) is 26.0 Å². The molecule has 6 heteroatoms. The van der Waals surface area contributed by atoms with E-state index in [4.69, 9.17) is 5.11 Å². The van der Waals surface area contributed by atoms with Crippen LogP contribution in [0.2, 0.25) is 0 Å². The first-order chi connectivity index (χ1) is 8.90. The Morgan fingerprint density at radius 3 is 2.79 bits per heavy atom. The van der Waals surface area contributed by atoms with E-state index in [1.54, 1.807) is 32.0 Å². The molecule has 0 saturated heterocycles. The van der Waals surface area contributed by atoms with Crippen molar-refractivity contribution >= 4 is 28.6 Å². The van der Waals surface area contributed by atoms with Gasteiger partial charge in [0, 0.05) is 0 Å². The number of aromatic nitrogens is 2. The van der Waals surface area contributed by atoms with Crippen LogP contribution in [0.4, 0.5) is 0 Å². The molecule has 0 aliphatic carbocycles. The summed E-state index contributed by atoms with van der Waals surface area (Å²) in [6, 6.07) is 7.06. The smallest absolute Gasteiger partial charge is 0.319 e. The molecule has 0 atom stereocenters. The Morgan fingerprint density at radius 1 is 1.42 bits per heavy atom.